The standard InChI is InChI=1S/C14H10Cl2FN3O/c1-7(10-3-9(15)4-11(17)13(10)16)21-12-2-8(5-18)6-20-14(12)19/h2-4,6-7H,1H3,(H2,19,20). The van der Waals surface area contributed by atoms with Crippen LogP contribution in [0.2, 0.25) is 10.0 Å². The van der Waals surface area contributed by atoms with E-state index in [4.69, 9.17) is 38.9 Å². The van der Waals surface area contributed by atoms with E-state index in [0.717, 1.165) is 6.07 Å². The molecule has 1 aromatic heterocycles. The molecule has 0 saturated carbocycles. The molecular weight excluding hydrogens is 316 g/mol. The van der Waals surface area contributed by atoms with E-state index < -0.39 is 11.9 Å². The Balaban J connectivity index is 2.35. The van der Waals surface area contributed by atoms with E-state index in [1.807, 2.05) is 6.07 Å². The summed E-state index contributed by atoms with van der Waals surface area (Å²) in [5, 5.41) is 8.98. The highest BCUT2D eigenvalue weighted by molar-refractivity contribution is 6.33. The van der Waals surface area contributed by atoms with Gasteiger partial charge in [0.05, 0.1) is 10.6 Å². The lowest BCUT2D eigenvalue weighted by atomic mass is 10.1. The van der Waals surface area contributed by atoms with E-state index in [9.17, 15) is 4.39 Å². The number of nitriles is 1. The monoisotopic (exact) mass is 325 g/mol. The summed E-state index contributed by atoms with van der Waals surface area (Å²) < 4.78 is 19.2. The summed E-state index contributed by atoms with van der Waals surface area (Å²) in [7, 11) is 0. The number of aromatic nitrogens is 1. The lowest BCUT2D eigenvalue weighted by Gasteiger charge is -2.18. The van der Waals surface area contributed by atoms with E-state index in [0.29, 0.717) is 11.1 Å². The van der Waals surface area contributed by atoms with Crippen LogP contribution < -0.4 is 10.5 Å². The Morgan fingerprint density at radius 1 is 1.38 bits per heavy atom. The van der Waals surface area contributed by atoms with Crippen molar-refractivity contribution in [1.82, 2.24) is 4.98 Å². The lowest BCUT2D eigenvalue weighted by molar-refractivity contribution is 0.227. The number of anilines is 1. The molecule has 0 amide bonds. The van der Waals surface area contributed by atoms with Crippen molar-refractivity contribution in [2.45, 2.75) is 13.0 Å². The number of pyridine rings is 1. The zero-order chi connectivity index (χ0) is 15.6. The van der Waals surface area contributed by atoms with Crippen LogP contribution in [0.4, 0.5) is 10.2 Å². The minimum Gasteiger partial charge on any atom is -0.482 e. The maximum atomic E-state index is 13.6. The molecule has 1 heterocycles. The van der Waals surface area contributed by atoms with Crippen molar-refractivity contribution in [3.8, 4) is 11.8 Å². The van der Waals surface area contributed by atoms with E-state index in [-0.39, 0.29) is 21.6 Å². The van der Waals surface area contributed by atoms with Crippen LogP contribution in [0.5, 0.6) is 5.75 Å². The van der Waals surface area contributed by atoms with Gasteiger partial charge >= 0.3 is 0 Å². The van der Waals surface area contributed by atoms with Gasteiger partial charge in [0, 0.05) is 22.8 Å². The number of halogens is 3. The van der Waals surface area contributed by atoms with Crippen molar-refractivity contribution < 1.29 is 9.13 Å². The Kier molecular flexibility index (Phi) is 4.51. The molecule has 2 aromatic rings. The van der Waals surface area contributed by atoms with Gasteiger partial charge in [0.1, 0.15) is 18.0 Å². The fraction of sp³-hybridized carbons (Fsp3) is 0.143. The number of ether oxygens (including phenoxy) is 1. The van der Waals surface area contributed by atoms with Gasteiger partial charge in [0.15, 0.2) is 11.6 Å². The Hall–Kier alpha value is -2.03. The van der Waals surface area contributed by atoms with Crippen LogP contribution in [-0.4, -0.2) is 4.98 Å². The summed E-state index contributed by atoms with van der Waals surface area (Å²) in [6.45, 7) is 1.66. The number of nitrogens with zero attached hydrogens (tertiary/aromatic N) is 2. The number of nitrogen functional groups attached to an aromatic ring is 1. The number of hydrogen-bond donors (Lipinski definition) is 1. The van der Waals surface area contributed by atoms with Crippen LogP contribution in [0, 0.1) is 17.1 Å². The summed E-state index contributed by atoms with van der Waals surface area (Å²) in [5.41, 5.74) is 6.37. The highest BCUT2D eigenvalue weighted by atomic mass is 35.5. The summed E-state index contributed by atoms with van der Waals surface area (Å²) in [5.74, 6) is -0.288. The molecule has 7 heteroatoms. The van der Waals surface area contributed by atoms with Gasteiger partial charge in [-0.3, -0.25) is 0 Å². The maximum absolute atomic E-state index is 13.6. The third kappa shape index (κ3) is 3.35. The molecule has 1 aromatic carbocycles. The second kappa shape index (κ2) is 6.17. The van der Waals surface area contributed by atoms with Crippen LogP contribution in [0.3, 0.4) is 0 Å². The number of nitrogens with two attached hydrogens (primary N) is 1. The second-order valence-electron chi connectivity index (χ2n) is 4.27. The number of benzene rings is 1. The second-order valence-corrected chi connectivity index (χ2v) is 5.08. The smallest absolute Gasteiger partial charge is 0.166 e. The minimum atomic E-state index is -0.633. The van der Waals surface area contributed by atoms with Crippen molar-refractivity contribution in [1.29, 1.82) is 5.26 Å². The lowest BCUT2D eigenvalue weighted by Crippen LogP contribution is -2.07. The zero-order valence-electron chi connectivity index (χ0n) is 10.9. The van der Waals surface area contributed by atoms with Crippen molar-refractivity contribution >= 4 is 29.0 Å². The van der Waals surface area contributed by atoms with E-state index in [1.165, 1.54) is 18.3 Å². The number of rotatable bonds is 3. The molecule has 2 N–H and O–H groups in total. The zero-order valence-corrected chi connectivity index (χ0v) is 12.4. The van der Waals surface area contributed by atoms with Gasteiger partial charge in [-0.25, -0.2) is 9.37 Å². The predicted molar refractivity (Wildman–Crippen MR) is 78.8 cm³/mol. The Morgan fingerprint density at radius 3 is 2.76 bits per heavy atom. The van der Waals surface area contributed by atoms with Crippen LogP contribution >= 0.6 is 23.2 Å². The molecule has 1 atom stereocenters. The molecule has 0 saturated heterocycles. The molecule has 0 radical (unpaired) electrons. The van der Waals surface area contributed by atoms with E-state index >= 15 is 0 Å². The third-order valence-electron chi connectivity index (χ3n) is 2.77. The molecule has 108 valence electrons. The first-order chi connectivity index (χ1) is 9.92. The number of hydrogen-bond acceptors (Lipinski definition) is 4. The normalized spacial score (nSPS) is 11.8. The molecule has 2 rings (SSSR count). The van der Waals surface area contributed by atoms with Crippen LogP contribution in [0.25, 0.3) is 0 Å². The Morgan fingerprint density at radius 2 is 2.10 bits per heavy atom. The van der Waals surface area contributed by atoms with E-state index in [2.05, 4.69) is 4.98 Å². The molecule has 0 bridgehead atoms. The Bertz CT molecular complexity index is 731. The van der Waals surface area contributed by atoms with Gasteiger partial charge in [-0.05, 0) is 19.1 Å². The molecule has 4 nitrogen and oxygen atoms in total. The highest BCUT2D eigenvalue weighted by Crippen LogP contribution is 2.33. The Labute approximate surface area is 130 Å². The molecule has 21 heavy (non-hydrogen) atoms. The summed E-state index contributed by atoms with van der Waals surface area (Å²) >= 11 is 11.7. The summed E-state index contributed by atoms with van der Waals surface area (Å²) in [6.07, 6.45) is 0.711. The summed E-state index contributed by atoms with van der Waals surface area (Å²) in [6, 6.07) is 6.01. The van der Waals surface area contributed by atoms with Gasteiger partial charge in [0.2, 0.25) is 0 Å². The molecular formula is C14H10Cl2FN3O. The van der Waals surface area contributed by atoms with Crippen molar-refractivity contribution in [2.75, 3.05) is 5.73 Å². The van der Waals surface area contributed by atoms with Crippen molar-refractivity contribution in [2.24, 2.45) is 0 Å². The predicted octanol–water partition coefficient (Wildman–Crippen LogP) is 4.12. The first-order valence-electron chi connectivity index (χ1n) is 5.89. The van der Waals surface area contributed by atoms with Gasteiger partial charge in [-0.15, -0.1) is 0 Å². The average Bonchev–Trinajstić information content (AvgIpc) is 2.45. The largest absolute Gasteiger partial charge is 0.482 e. The van der Waals surface area contributed by atoms with Gasteiger partial charge < -0.3 is 10.5 Å². The molecule has 0 spiro atoms. The van der Waals surface area contributed by atoms with Crippen LogP contribution in [-0.2, 0) is 0 Å². The first-order valence-corrected chi connectivity index (χ1v) is 6.64. The average molecular weight is 326 g/mol. The highest BCUT2D eigenvalue weighted by Gasteiger charge is 2.17. The molecule has 1 unspecified atom stereocenters. The van der Waals surface area contributed by atoms with Crippen molar-refractivity contribution in [3.63, 3.8) is 0 Å². The third-order valence-corrected chi connectivity index (χ3v) is 3.39. The topological polar surface area (TPSA) is 71.9 Å². The quantitative estimate of drug-likeness (QED) is 0.861. The van der Waals surface area contributed by atoms with Gasteiger partial charge in [-0.1, -0.05) is 23.2 Å². The molecule has 0 aliphatic carbocycles. The minimum absolute atomic E-state index is 0.0742. The van der Waals surface area contributed by atoms with Gasteiger partial charge in [-0.2, -0.15) is 5.26 Å². The van der Waals surface area contributed by atoms with Crippen LogP contribution in [0.15, 0.2) is 24.4 Å². The van der Waals surface area contributed by atoms with Gasteiger partial charge in [0.25, 0.3) is 0 Å². The molecule has 0 fully saturated rings. The maximum Gasteiger partial charge on any atom is 0.166 e. The summed E-state index contributed by atoms with van der Waals surface area (Å²) in [4.78, 5) is 3.85. The van der Waals surface area contributed by atoms with Crippen LogP contribution in [0.1, 0.15) is 24.2 Å². The van der Waals surface area contributed by atoms with E-state index in [1.54, 1.807) is 6.92 Å². The van der Waals surface area contributed by atoms with Crippen molar-refractivity contribution in [3.05, 3.63) is 51.4 Å². The SMILES string of the molecule is CC(Oc1cc(C#N)cnc1N)c1cc(Cl)cc(F)c1Cl. The fourth-order valence-corrected chi connectivity index (χ4v) is 2.21. The molecule has 0 aliphatic heterocycles. The molecule has 0 aliphatic rings. The fourth-order valence-electron chi connectivity index (χ4n) is 1.74. The first kappa shape index (κ1) is 15.4.